The highest BCUT2D eigenvalue weighted by Gasteiger charge is 2.40. The maximum Gasteiger partial charge on any atom is 0.324 e. The number of nitro benzene ring substituents is 1. The maximum atomic E-state index is 12.7. The molecule has 1 aromatic heterocycles. The Hall–Kier alpha value is -2.39. The van der Waals surface area contributed by atoms with Crippen molar-refractivity contribution < 1.29 is 26.9 Å². The van der Waals surface area contributed by atoms with Crippen LogP contribution in [0.5, 0.6) is 0 Å². The summed E-state index contributed by atoms with van der Waals surface area (Å²) in [6.07, 6.45) is -3.82. The Bertz CT molecular complexity index is 644. The van der Waals surface area contributed by atoms with Gasteiger partial charge in [-0.2, -0.15) is 13.8 Å². The Morgan fingerprint density at radius 3 is 2.75 bits per heavy atom. The summed E-state index contributed by atoms with van der Waals surface area (Å²) in [5, 5.41) is 12.5. The van der Waals surface area contributed by atoms with Gasteiger partial charge in [-0.3, -0.25) is 10.1 Å². The van der Waals surface area contributed by atoms with Gasteiger partial charge in [-0.1, -0.05) is 0 Å². The molecule has 0 fully saturated rings. The Balaban J connectivity index is 2.18. The van der Waals surface area contributed by atoms with Crippen LogP contribution in [0.3, 0.4) is 0 Å². The van der Waals surface area contributed by atoms with E-state index < -0.39 is 29.8 Å². The Morgan fingerprint density at radius 2 is 2.15 bits per heavy atom. The van der Waals surface area contributed by atoms with Gasteiger partial charge in [0.05, 0.1) is 17.5 Å². The highest BCUT2D eigenvalue weighted by atomic mass is 19.3. The Labute approximate surface area is 108 Å². The van der Waals surface area contributed by atoms with E-state index in [1.807, 2.05) is 5.32 Å². The molecule has 0 aliphatic carbocycles. The summed E-state index contributed by atoms with van der Waals surface area (Å²) in [6, 6.07) is 3.05. The van der Waals surface area contributed by atoms with Crippen LogP contribution >= 0.6 is 0 Å². The summed E-state index contributed by atoms with van der Waals surface area (Å²) in [7, 11) is 0. The van der Waals surface area contributed by atoms with Gasteiger partial charge in [0.1, 0.15) is 5.52 Å². The van der Waals surface area contributed by atoms with Crippen molar-refractivity contribution in [3.05, 3.63) is 28.3 Å². The second kappa shape index (κ2) is 4.94. The van der Waals surface area contributed by atoms with Crippen LogP contribution in [0, 0.1) is 10.1 Å². The molecule has 10 heteroatoms. The molecule has 6 nitrogen and oxygen atoms in total. The third-order valence-corrected chi connectivity index (χ3v) is 2.38. The van der Waals surface area contributed by atoms with Crippen LogP contribution in [0.1, 0.15) is 0 Å². The monoisotopic (exact) mass is 293 g/mol. The zero-order chi connectivity index (χ0) is 14.9. The molecule has 0 radical (unpaired) electrons. The first kappa shape index (κ1) is 14.0. The van der Waals surface area contributed by atoms with Gasteiger partial charge in [0.25, 0.3) is 11.7 Å². The summed E-state index contributed by atoms with van der Waals surface area (Å²) >= 11 is 0. The lowest BCUT2D eigenvalue weighted by Crippen LogP contribution is -2.34. The van der Waals surface area contributed by atoms with E-state index in [4.69, 9.17) is 4.42 Å². The van der Waals surface area contributed by atoms with E-state index in [9.17, 15) is 27.7 Å². The van der Waals surface area contributed by atoms with Crippen molar-refractivity contribution in [1.82, 2.24) is 4.98 Å². The molecule has 0 unspecified atom stereocenters. The number of oxazole rings is 1. The number of nitro groups is 1. The first-order valence-corrected chi connectivity index (χ1v) is 5.24. The Morgan fingerprint density at radius 1 is 1.45 bits per heavy atom. The van der Waals surface area contributed by atoms with E-state index in [0.717, 1.165) is 12.1 Å². The fraction of sp³-hybridized carbons (Fsp3) is 0.300. The van der Waals surface area contributed by atoms with Crippen molar-refractivity contribution in [2.24, 2.45) is 0 Å². The molecule has 0 saturated carbocycles. The molecule has 0 atom stereocenters. The number of hydrogen-bond acceptors (Lipinski definition) is 5. The minimum Gasteiger partial charge on any atom is -0.423 e. The van der Waals surface area contributed by atoms with Gasteiger partial charge in [0.2, 0.25) is 0 Å². The number of nitrogens with zero attached hydrogens (tertiary/aromatic N) is 2. The number of rotatable bonds is 5. The lowest BCUT2D eigenvalue weighted by Gasteiger charge is -2.14. The molecule has 0 spiro atoms. The van der Waals surface area contributed by atoms with E-state index in [0.29, 0.717) is 0 Å². The van der Waals surface area contributed by atoms with Gasteiger partial charge >= 0.3 is 12.3 Å². The second-order valence-corrected chi connectivity index (χ2v) is 3.84. The summed E-state index contributed by atoms with van der Waals surface area (Å²) < 4.78 is 54.2. The van der Waals surface area contributed by atoms with Gasteiger partial charge in [-0.15, -0.1) is 0 Å². The number of aromatic nitrogens is 1. The van der Waals surface area contributed by atoms with Crippen LogP contribution in [0.4, 0.5) is 29.3 Å². The summed E-state index contributed by atoms with van der Waals surface area (Å²) in [6.45, 7) is -1.36. The third kappa shape index (κ3) is 2.78. The first-order valence-electron chi connectivity index (χ1n) is 5.24. The zero-order valence-corrected chi connectivity index (χ0v) is 9.65. The zero-order valence-electron chi connectivity index (χ0n) is 9.65. The summed E-state index contributed by atoms with van der Waals surface area (Å²) in [4.78, 5) is 13.6. The minimum atomic E-state index is -4.23. The molecule has 0 aliphatic rings. The molecule has 1 N–H and O–H groups in total. The van der Waals surface area contributed by atoms with Crippen LogP contribution in [0.2, 0.25) is 0 Å². The number of benzene rings is 1. The standard InChI is InChI=1S/C10H7F4N3O3/c11-8(12)10(13,14)4-15-9-16-6-2-1-5(17(18)19)3-7(6)20-9/h1-3,8H,4H2,(H,15,16). The third-order valence-electron chi connectivity index (χ3n) is 2.38. The van der Waals surface area contributed by atoms with Crippen LogP contribution in [-0.4, -0.2) is 28.8 Å². The first-order chi connectivity index (χ1) is 9.29. The lowest BCUT2D eigenvalue weighted by atomic mass is 10.3. The van der Waals surface area contributed by atoms with Crippen molar-refractivity contribution in [3.63, 3.8) is 0 Å². The largest absolute Gasteiger partial charge is 0.423 e. The number of hydrogen-bond donors (Lipinski definition) is 1. The Kier molecular flexibility index (Phi) is 3.47. The normalized spacial score (nSPS) is 12.1. The average molecular weight is 293 g/mol. The molecular weight excluding hydrogens is 286 g/mol. The van der Waals surface area contributed by atoms with Crippen molar-refractivity contribution in [1.29, 1.82) is 0 Å². The minimum absolute atomic E-state index is 0.0120. The van der Waals surface area contributed by atoms with Crippen molar-refractivity contribution >= 4 is 22.8 Å². The SMILES string of the molecule is O=[N+]([O-])c1ccc2nc(NCC(F)(F)C(F)F)oc2c1. The van der Waals surface area contributed by atoms with Crippen molar-refractivity contribution in [2.45, 2.75) is 12.3 Å². The molecule has 1 aromatic carbocycles. The fourth-order valence-electron chi connectivity index (χ4n) is 1.37. The predicted molar refractivity (Wildman–Crippen MR) is 60.1 cm³/mol. The number of non-ortho nitro benzene ring substituents is 1. The van der Waals surface area contributed by atoms with E-state index in [1.165, 1.54) is 6.07 Å². The van der Waals surface area contributed by atoms with Crippen LogP contribution in [0.15, 0.2) is 22.6 Å². The quantitative estimate of drug-likeness (QED) is 0.520. The van der Waals surface area contributed by atoms with Gasteiger partial charge in [0.15, 0.2) is 5.58 Å². The van der Waals surface area contributed by atoms with E-state index in [-0.39, 0.29) is 16.8 Å². The average Bonchev–Trinajstić information content (AvgIpc) is 2.77. The van der Waals surface area contributed by atoms with Gasteiger partial charge in [0, 0.05) is 6.07 Å². The van der Waals surface area contributed by atoms with Crippen molar-refractivity contribution in [2.75, 3.05) is 11.9 Å². The maximum absolute atomic E-state index is 12.7. The number of fused-ring (bicyclic) bond motifs is 1. The number of anilines is 1. The molecule has 1 heterocycles. The van der Waals surface area contributed by atoms with Gasteiger partial charge in [-0.25, -0.2) is 8.78 Å². The highest BCUT2D eigenvalue weighted by Crippen LogP contribution is 2.26. The lowest BCUT2D eigenvalue weighted by molar-refractivity contribution is -0.384. The van der Waals surface area contributed by atoms with Crippen LogP contribution < -0.4 is 5.32 Å². The topological polar surface area (TPSA) is 81.2 Å². The predicted octanol–water partition coefficient (Wildman–Crippen LogP) is 3.05. The molecule has 20 heavy (non-hydrogen) atoms. The van der Waals surface area contributed by atoms with Crippen LogP contribution in [0.25, 0.3) is 11.1 Å². The van der Waals surface area contributed by atoms with E-state index in [2.05, 4.69) is 4.98 Å². The second-order valence-electron chi connectivity index (χ2n) is 3.84. The number of alkyl halides is 4. The van der Waals surface area contributed by atoms with Gasteiger partial charge in [-0.05, 0) is 6.07 Å². The van der Waals surface area contributed by atoms with Gasteiger partial charge < -0.3 is 9.73 Å². The smallest absolute Gasteiger partial charge is 0.324 e. The molecular formula is C10H7F4N3O3. The highest BCUT2D eigenvalue weighted by molar-refractivity contribution is 5.77. The van der Waals surface area contributed by atoms with Crippen LogP contribution in [-0.2, 0) is 0 Å². The van der Waals surface area contributed by atoms with E-state index >= 15 is 0 Å². The molecule has 108 valence electrons. The molecule has 0 saturated heterocycles. The number of halogens is 4. The number of nitrogens with one attached hydrogen (secondary N) is 1. The van der Waals surface area contributed by atoms with Crippen molar-refractivity contribution in [3.8, 4) is 0 Å². The molecule has 0 bridgehead atoms. The van der Waals surface area contributed by atoms with E-state index in [1.54, 1.807) is 0 Å². The molecule has 0 aliphatic heterocycles. The fourth-order valence-corrected chi connectivity index (χ4v) is 1.37. The summed E-state index contributed by atoms with van der Waals surface area (Å²) in [5.74, 6) is -4.23. The molecule has 0 amide bonds. The molecule has 2 rings (SSSR count). The molecule has 2 aromatic rings. The summed E-state index contributed by atoms with van der Waals surface area (Å²) in [5.41, 5.74) is -0.0985.